The summed E-state index contributed by atoms with van der Waals surface area (Å²) in [6.07, 6.45) is 4.18. The number of aldehydes is 1. The highest BCUT2D eigenvalue weighted by atomic mass is 16.2. The number of amides is 1. The molecule has 0 saturated heterocycles. The molecule has 0 aromatic carbocycles. The maximum atomic E-state index is 10.9. The van der Waals surface area contributed by atoms with Gasteiger partial charge in [-0.3, -0.25) is 4.79 Å². The van der Waals surface area contributed by atoms with Crippen molar-refractivity contribution in [3.8, 4) is 0 Å². The number of rotatable bonds is 3. The van der Waals surface area contributed by atoms with Crippen molar-refractivity contribution in [3.63, 3.8) is 0 Å². The van der Waals surface area contributed by atoms with Crippen LogP contribution in [0.2, 0.25) is 0 Å². The van der Waals surface area contributed by atoms with E-state index in [1.165, 1.54) is 6.42 Å². The van der Waals surface area contributed by atoms with Gasteiger partial charge in [-0.15, -0.1) is 0 Å². The van der Waals surface area contributed by atoms with Crippen LogP contribution in [0.4, 0.5) is 0 Å². The fourth-order valence-electron chi connectivity index (χ4n) is 1.90. The summed E-state index contributed by atoms with van der Waals surface area (Å²) in [4.78, 5) is 20.9. The quantitative estimate of drug-likeness (QED) is 0.466. The lowest BCUT2D eigenvalue weighted by Gasteiger charge is -2.26. The van der Waals surface area contributed by atoms with Crippen LogP contribution < -0.4 is 5.32 Å². The molecule has 3 nitrogen and oxygen atoms in total. The van der Waals surface area contributed by atoms with Crippen molar-refractivity contribution in [2.24, 2.45) is 5.92 Å². The van der Waals surface area contributed by atoms with Gasteiger partial charge in [0.25, 0.3) is 0 Å². The van der Waals surface area contributed by atoms with E-state index in [9.17, 15) is 9.59 Å². The lowest BCUT2D eigenvalue weighted by Crippen LogP contribution is -2.42. The van der Waals surface area contributed by atoms with Gasteiger partial charge in [0.15, 0.2) is 0 Å². The Labute approximate surface area is 65.2 Å². The Morgan fingerprint density at radius 1 is 1.73 bits per heavy atom. The summed E-state index contributed by atoms with van der Waals surface area (Å²) in [5.74, 6) is 0.625. The minimum atomic E-state index is -0.109. The molecule has 3 heteroatoms. The molecule has 1 N–H and O–H groups in total. The zero-order valence-electron chi connectivity index (χ0n) is 6.30. The van der Waals surface area contributed by atoms with Crippen molar-refractivity contribution < 1.29 is 9.59 Å². The number of carbonyl (C=O) groups excluding carboxylic acids is 2. The second kappa shape index (κ2) is 2.06. The van der Waals surface area contributed by atoms with Crippen LogP contribution in [0.1, 0.15) is 25.7 Å². The molecule has 0 heterocycles. The lowest BCUT2D eigenvalue weighted by molar-refractivity contribution is -0.125. The van der Waals surface area contributed by atoms with Gasteiger partial charge in [-0.2, -0.15) is 0 Å². The van der Waals surface area contributed by atoms with E-state index in [1.807, 2.05) is 0 Å². The van der Waals surface area contributed by atoms with Crippen molar-refractivity contribution in [1.82, 2.24) is 5.32 Å². The van der Waals surface area contributed by atoms with E-state index in [0.29, 0.717) is 6.29 Å². The van der Waals surface area contributed by atoms with Crippen LogP contribution >= 0.6 is 0 Å². The van der Waals surface area contributed by atoms with Crippen molar-refractivity contribution in [3.05, 3.63) is 0 Å². The van der Waals surface area contributed by atoms with Gasteiger partial charge in [-0.1, -0.05) is 0 Å². The standard InChI is InChI=1S/C8H11NO2/c10-4-2-7(11)9-8-3-1-6(8)5-8/h4,6H,1-3,5H2,(H,9,11). The highest BCUT2D eigenvalue weighted by molar-refractivity contribution is 5.88. The monoisotopic (exact) mass is 153 g/mol. The average Bonchev–Trinajstić information content (AvgIpc) is 2.40. The number of nitrogens with one attached hydrogen (secondary N) is 1. The number of fused-ring (bicyclic) bond motifs is 1. The maximum absolute atomic E-state index is 10.9. The largest absolute Gasteiger partial charge is 0.350 e. The van der Waals surface area contributed by atoms with Crippen LogP contribution in [0.15, 0.2) is 0 Å². The fourth-order valence-corrected chi connectivity index (χ4v) is 1.90. The Bertz CT molecular complexity index is 210. The molecule has 2 aliphatic rings. The lowest BCUT2D eigenvalue weighted by atomic mass is 9.93. The molecule has 2 rings (SSSR count). The first kappa shape index (κ1) is 6.83. The molecular formula is C8H11NO2. The average molecular weight is 153 g/mol. The summed E-state index contributed by atoms with van der Waals surface area (Å²) in [5, 5.41) is 2.90. The van der Waals surface area contributed by atoms with Crippen LogP contribution in [-0.4, -0.2) is 17.7 Å². The molecular weight excluding hydrogens is 142 g/mol. The summed E-state index contributed by atoms with van der Waals surface area (Å²) >= 11 is 0. The Balaban J connectivity index is 1.82. The molecule has 2 aliphatic carbocycles. The predicted octanol–water partition coefficient (Wildman–Crippen LogP) is 0.244. The molecule has 2 atom stereocenters. The third kappa shape index (κ3) is 0.951. The normalized spacial score (nSPS) is 38.4. The highest BCUT2D eigenvalue weighted by Gasteiger charge is 2.61. The first-order chi connectivity index (χ1) is 5.27. The number of carbonyl (C=O) groups is 2. The smallest absolute Gasteiger partial charge is 0.227 e. The molecule has 2 saturated carbocycles. The first-order valence-electron chi connectivity index (χ1n) is 4.01. The predicted molar refractivity (Wildman–Crippen MR) is 38.9 cm³/mol. The SMILES string of the molecule is O=CCC(=O)NC12CCC1C2. The Morgan fingerprint density at radius 3 is 2.91 bits per heavy atom. The number of hydrogen-bond donors (Lipinski definition) is 1. The number of hydrogen-bond acceptors (Lipinski definition) is 2. The van der Waals surface area contributed by atoms with E-state index in [4.69, 9.17) is 0 Å². The summed E-state index contributed by atoms with van der Waals surface area (Å²) in [5.41, 5.74) is 0.153. The molecule has 2 fully saturated rings. The van der Waals surface area contributed by atoms with Gasteiger partial charge in [0.2, 0.25) is 5.91 Å². The first-order valence-corrected chi connectivity index (χ1v) is 4.01. The van der Waals surface area contributed by atoms with Crippen molar-refractivity contribution in [1.29, 1.82) is 0 Å². The Hall–Kier alpha value is -0.860. The summed E-state index contributed by atoms with van der Waals surface area (Å²) in [6, 6.07) is 0. The molecule has 0 aromatic rings. The molecule has 1 amide bonds. The van der Waals surface area contributed by atoms with Gasteiger partial charge in [0.05, 0.1) is 6.42 Å². The molecule has 0 bridgehead atoms. The van der Waals surface area contributed by atoms with Gasteiger partial charge in [-0.05, 0) is 25.2 Å². The van der Waals surface area contributed by atoms with E-state index in [-0.39, 0.29) is 17.9 Å². The fraction of sp³-hybridized carbons (Fsp3) is 0.750. The van der Waals surface area contributed by atoms with Crippen LogP contribution in [0.25, 0.3) is 0 Å². The van der Waals surface area contributed by atoms with E-state index in [0.717, 1.165) is 18.8 Å². The van der Waals surface area contributed by atoms with Gasteiger partial charge in [-0.25, -0.2) is 0 Å². The summed E-state index contributed by atoms with van der Waals surface area (Å²) in [6.45, 7) is 0. The minimum Gasteiger partial charge on any atom is -0.350 e. The zero-order valence-corrected chi connectivity index (χ0v) is 6.30. The van der Waals surface area contributed by atoms with Gasteiger partial charge >= 0.3 is 0 Å². The van der Waals surface area contributed by atoms with E-state index in [1.54, 1.807) is 0 Å². The molecule has 0 radical (unpaired) electrons. The van der Waals surface area contributed by atoms with Crippen LogP contribution in [0.3, 0.4) is 0 Å². The molecule has 2 unspecified atom stereocenters. The maximum Gasteiger partial charge on any atom is 0.227 e. The molecule has 11 heavy (non-hydrogen) atoms. The molecule has 60 valence electrons. The van der Waals surface area contributed by atoms with Gasteiger partial charge in [0.1, 0.15) is 6.29 Å². The topological polar surface area (TPSA) is 46.2 Å². The zero-order chi connectivity index (χ0) is 7.90. The summed E-state index contributed by atoms with van der Waals surface area (Å²) < 4.78 is 0. The third-order valence-corrected chi connectivity index (χ3v) is 2.83. The molecule has 0 spiro atoms. The molecule has 0 aromatic heterocycles. The van der Waals surface area contributed by atoms with E-state index < -0.39 is 0 Å². The van der Waals surface area contributed by atoms with Crippen molar-refractivity contribution in [2.45, 2.75) is 31.2 Å². The Kier molecular flexibility index (Phi) is 1.28. The summed E-state index contributed by atoms with van der Waals surface area (Å²) in [7, 11) is 0. The van der Waals surface area contributed by atoms with Crippen LogP contribution in [-0.2, 0) is 9.59 Å². The van der Waals surface area contributed by atoms with Gasteiger partial charge < -0.3 is 10.1 Å². The molecule has 0 aliphatic heterocycles. The highest BCUT2D eigenvalue weighted by Crippen LogP contribution is 2.59. The van der Waals surface area contributed by atoms with E-state index in [2.05, 4.69) is 5.32 Å². The third-order valence-electron chi connectivity index (χ3n) is 2.83. The minimum absolute atomic E-state index is 0.0223. The second-order valence-electron chi connectivity index (χ2n) is 3.51. The van der Waals surface area contributed by atoms with Gasteiger partial charge in [0, 0.05) is 5.54 Å². The van der Waals surface area contributed by atoms with E-state index >= 15 is 0 Å². The van der Waals surface area contributed by atoms with Crippen LogP contribution in [0, 0.1) is 5.92 Å². The van der Waals surface area contributed by atoms with Crippen molar-refractivity contribution >= 4 is 12.2 Å². The van der Waals surface area contributed by atoms with Crippen LogP contribution in [0.5, 0.6) is 0 Å². The second-order valence-corrected chi connectivity index (χ2v) is 3.51. The Morgan fingerprint density at radius 2 is 2.55 bits per heavy atom. The van der Waals surface area contributed by atoms with Crippen molar-refractivity contribution in [2.75, 3.05) is 0 Å².